The molecule has 0 aliphatic carbocycles. The van der Waals surface area contributed by atoms with Crippen molar-refractivity contribution in [1.82, 2.24) is 0 Å². The van der Waals surface area contributed by atoms with Gasteiger partial charge in [0.15, 0.2) is 0 Å². The molecule has 0 radical (unpaired) electrons. The van der Waals surface area contributed by atoms with Gasteiger partial charge in [-0.05, 0) is 37.6 Å². The summed E-state index contributed by atoms with van der Waals surface area (Å²) in [6.45, 7) is 4.95. The summed E-state index contributed by atoms with van der Waals surface area (Å²) in [5.74, 6) is 0. The average molecular weight is 224 g/mol. The molecule has 0 aromatic heterocycles. The third-order valence-electron chi connectivity index (χ3n) is 2.64. The third-order valence-corrected chi connectivity index (χ3v) is 2.64. The highest BCUT2D eigenvalue weighted by Gasteiger charge is 2.10. The predicted molar refractivity (Wildman–Crippen MR) is 66.6 cm³/mol. The second-order valence-corrected chi connectivity index (χ2v) is 3.92. The van der Waals surface area contributed by atoms with Gasteiger partial charge in [-0.15, -0.1) is 0 Å². The minimum absolute atomic E-state index is 0.218. The second-order valence-electron chi connectivity index (χ2n) is 3.92. The average Bonchev–Trinajstić information content (AvgIpc) is 2.29. The molecule has 90 valence electrons. The second kappa shape index (κ2) is 5.72. The van der Waals surface area contributed by atoms with Crippen LogP contribution in [0.5, 0.6) is 0 Å². The Kier molecular flexibility index (Phi) is 4.58. The van der Waals surface area contributed by atoms with Gasteiger partial charge in [-0.25, -0.2) is 0 Å². The highest BCUT2D eigenvalue weighted by atomic mass is 16.3. The van der Waals surface area contributed by atoms with E-state index in [4.69, 9.17) is 10.8 Å². The molecule has 0 saturated carbocycles. The maximum Gasteiger partial charge on any atom is 0.0945 e. The van der Waals surface area contributed by atoms with Crippen molar-refractivity contribution in [1.29, 1.82) is 0 Å². The number of aliphatic hydroxyl groups excluding tert-OH is 2. The molecule has 1 rings (SSSR count). The summed E-state index contributed by atoms with van der Waals surface area (Å²) in [5, 5.41) is 18.3. The summed E-state index contributed by atoms with van der Waals surface area (Å²) < 4.78 is 0. The number of likely N-dealkylation sites (N-methyl/N-ethyl adjacent to an activating group) is 1. The van der Waals surface area contributed by atoms with Crippen LogP contribution < -0.4 is 10.6 Å². The molecule has 0 saturated heterocycles. The summed E-state index contributed by atoms with van der Waals surface area (Å²) in [6.07, 6.45) is -0.710. The van der Waals surface area contributed by atoms with Crippen molar-refractivity contribution in [3.63, 3.8) is 0 Å². The number of aryl methyl sites for hydroxylation is 1. The molecule has 1 aromatic carbocycles. The molecule has 0 heterocycles. The van der Waals surface area contributed by atoms with E-state index >= 15 is 0 Å². The summed E-state index contributed by atoms with van der Waals surface area (Å²) in [7, 11) is 0. The van der Waals surface area contributed by atoms with Crippen LogP contribution in [0.15, 0.2) is 18.2 Å². The fourth-order valence-corrected chi connectivity index (χ4v) is 1.59. The molecule has 1 unspecified atom stereocenters. The molecule has 0 fully saturated rings. The van der Waals surface area contributed by atoms with E-state index in [-0.39, 0.29) is 6.61 Å². The van der Waals surface area contributed by atoms with E-state index in [1.165, 1.54) is 0 Å². The van der Waals surface area contributed by atoms with Crippen LogP contribution in [0.25, 0.3) is 0 Å². The lowest BCUT2D eigenvalue weighted by Crippen LogP contribution is -2.34. The van der Waals surface area contributed by atoms with Gasteiger partial charge in [-0.3, -0.25) is 0 Å². The van der Waals surface area contributed by atoms with Crippen LogP contribution in [-0.2, 0) is 0 Å². The Balaban J connectivity index is 2.82. The number of rotatable bonds is 5. The zero-order chi connectivity index (χ0) is 12.1. The van der Waals surface area contributed by atoms with Crippen LogP contribution in [0.1, 0.15) is 12.5 Å². The van der Waals surface area contributed by atoms with Crippen molar-refractivity contribution in [3.05, 3.63) is 23.8 Å². The van der Waals surface area contributed by atoms with Crippen LogP contribution in [0.4, 0.5) is 11.4 Å². The molecular formula is C12H20N2O2. The van der Waals surface area contributed by atoms with E-state index in [1.54, 1.807) is 0 Å². The molecule has 4 N–H and O–H groups in total. The van der Waals surface area contributed by atoms with Gasteiger partial charge < -0.3 is 20.8 Å². The molecule has 0 spiro atoms. The van der Waals surface area contributed by atoms with Gasteiger partial charge in [0.05, 0.1) is 12.7 Å². The van der Waals surface area contributed by atoms with E-state index in [0.717, 1.165) is 23.5 Å². The predicted octanol–water partition coefficient (Wildman–Crippen LogP) is 0.757. The number of nitrogens with two attached hydrogens (primary N) is 1. The zero-order valence-electron chi connectivity index (χ0n) is 9.85. The highest BCUT2D eigenvalue weighted by Crippen LogP contribution is 2.20. The van der Waals surface area contributed by atoms with Crippen LogP contribution in [0.3, 0.4) is 0 Å². The molecule has 0 amide bonds. The number of nitrogens with zero attached hydrogens (tertiary/aromatic N) is 1. The third kappa shape index (κ3) is 3.12. The summed E-state index contributed by atoms with van der Waals surface area (Å²) in [5.41, 5.74) is 8.55. The Morgan fingerprint density at radius 1 is 1.44 bits per heavy atom. The Labute approximate surface area is 96.3 Å². The lowest BCUT2D eigenvalue weighted by atomic mass is 10.1. The zero-order valence-corrected chi connectivity index (χ0v) is 9.85. The Hall–Kier alpha value is -1.26. The minimum Gasteiger partial charge on any atom is -0.399 e. The molecule has 0 aliphatic rings. The first-order chi connectivity index (χ1) is 7.58. The SMILES string of the molecule is CCN(CC(O)CO)c1ccc(N)c(C)c1. The van der Waals surface area contributed by atoms with Gasteiger partial charge in [0.25, 0.3) is 0 Å². The minimum atomic E-state index is -0.710. The number of hydrogen-bond acceptors (Lipinski definition) is 4. The standard InChI is InChI=1S/C12H20N2O2/c1-3-14(7-11(16)8-15)10-4-5-12(13)9(2)6-10/h4-6,11,15-16H,3,7-8,13H2,1-2H3. The lowest BCUT2D eigenvalue weighted by molar-refractivity contribution is 0.100. The molecule has 1 atom stereocenters. The monoisotopic (exact) mass is 224 g/mol. The van der Waals surface area contributed by atoms with Crippen molar-refractivity contribution in [2.45, 2.75) is 20.0 Å². The number of benzene rings is 1. The van der Waals surface area contributed by atoms with E-state index in [0.29, 0.717) is 6.54 Å². The molecule has 16 heavy (non-hydrogen) atoms. The van der Waals surface area contributed by atoms with Crippen molar-refractivity contribution in [3.8, 4) is 0 Å². The highest BCUT2D eigenvalue weighted by molar-refractivity contribution is 5.58. The molecule has 0 bridgehead atoms. The topological polar surface area (TPSA) is 69.7 Å². The maximum absolute atomic E-state index is 9.43. The first-order valence-corrected chi connectivity index (χ1v) is 5.48. The van der Waals surface area contributed by atoms with E-state index in [9.17, 15) is 5.11 Å². The molecule has 4 nitrogen and oxygen atoms in total. The van der Waals surface area contributed by atoms with E-state index in [1.807, 2.05) is 36.9 Å². The van der Waals surface area contributed by atoms with Gasteiger partial charge in [0.2, 0.25) is 0 Å². The van der Waals surface area contributed by atoms with Crippen LogP contribution in [-0.4, -0.2) is 36.0 Å². The normalized spacial score (nSPS) is 12.5. The first-order valence-electron chi connectivity index (χ1n) is 5.48. The fourth-order valence-electron chi connectivity index (χ4n) is 1.59. The van der Waals surface area contributed by atoms with Gasteiger partial charge in [0, 0.05) is 24.5 Å². The Morgan fingerprint density at radius 2 is 2.12 bits per heavy atom. The van der Waals surface area contributed by atoms with E-state index in [2.05, 4.69) is 0 Å². The number of aliphatic hydroxyl groups is 2. The van der Waals surface area contributed by atoms with Crippen molar-refractivity contribution in [2.75, 3.05) is 30.3 Å². The van der Waals surface area contributed by atoms with Gasteiger partial charge >= 0.3 is 0 Å². The molecular weight excluding hydrogens is 204 g/mol. The molecule has 0 aliphatic heterocycles. The summed E-state index contributed by atoms with van der Waals surface area (Å²) >= 11 is 0. The molecule has 1 aromatic rings. The van der Waals surface area contributed by atoms with Gasteiger partial charge in [0.1, 0.15) is 0 Å². The van der Waals surface area contributed by atoms with Gasteiger partial charge in [-0.2, -0.15) is 0 Å². The van der Waals surface area contributed by atoms with Crippen molar-refractivity contribution >= 4 is 11.4 Å². The summed E-state index contributed by atoms with van der Waals surface area (Å²) in [6, 6.07) is 5.78. The Bertz CT molecular complexity index is 342. The Morgan fingerprint density at radius 3 is 2.62 bits per heavy atom. The van der Waals surface area contributed by atoms with Crippen LogP contribution >= 0.6 is 0 Å². The molecule has 4 heteroatoms. The lowest BCUT2D eigenvalue weighted by Gasteiger charge is -2.25. The fraction of sp³-hybridized carbons (Fsp3) is 0.500. The first kappa shape index (κ1) is 12.8. The smallest absolute Gasteiger partial charge is 0.0945 e. The number of anilines is 2. The van der Waals surface area contributed by atoms with E-state index < -0.39 is 6.10 Å². The van der Waals surface area contributed by atoms with Crippen molar-refractivity contribution < 1.29 is 10.2 Å². The largest absolute Gasteiger partial charge is 0.399 e. The summed E-state index contributed by atoms with van der Waals surface area (Å²) in [4.78, 5) is 2.01. The quantitative estimate of drug-likeness (QED) is 0.646. The maximum atomic E-state index is 9.43. The van der Waals surface area contributed by atoms with Crippen LogP contribution in [0, 0.1) is 6.92 Å². The number of hydrogen-bond donors (Lipinski definition) is 3. The number of nitrogen functional groups attached to an aromatic ring is 1. The van der Waals surface area contributed by atoms with Gasteiger partial charge in [-0.1, -0.05) is 0 Å². The van der Waals surface area contributed by atoms with Crippen molar-refractivity contribution in [2.24, 2.45) is 0 Å². The van der Waals surface area contributed by atoms with Crippen LogP contribution in [0.2, 0.25) is 0 Å².